The van der Waals surface area contributed by atoms with Crippen LogP contribution in [0.15, 0.2) is 0 Å². The lowest BCUT2D eigenvalue weighted by Crippen LogP contribution is -2.52. The Kier molecular flexibility index (Phi) is 3.34. The molecule has 20 heavy (non-hydrogen) atoms. The van der Waals surface area contributed by atoms with Gasteiger partial charge >= 0.3 is 0 Å². The van der Waals surface area contributed by atoms with Crippen molar-refractivity contribution >= 4 is 15.9 Å². The molecule has 0 heterocycles. The molecule has 0 bridgehead atoms. The van der Waals surface area contributed by atoms with E-state index in [0.717, 1.165) is 33.9 Å². The molecule has 0 N–H and O–H groups in total. The number of halogens is 1. The zero-order valence-electron chi connectivity index (χ0n) is 13.3. The average molecular weight is 339 g/mol. The fraction of sp³-hybridized carbons (Fsp3) is 1.00. The molecule has 0 spiro atoms. The monoisotopic (exact) mass is 338 g/mol. The number of fused-ring (bicyclic) bond motifs is 5. The van der Waals surface area contributed by atoms with Crippen LogP contribution in [0.4, 0.5) is 0 Å². The fourth-order valence-electron chi connectivity index (χ4n) is 7.20. The Morgan fingerprint density at radius 2 is 1.70 bits per heavy atom. The van der Waals surface area contributed by atoms with E-state index in [1.165, 1.54) is 38.5 Å². The van der Waals surface area contributed by atoms with Crippen LogP contribution >= 0.6 is 15.9 Å². The third-order valence-electron chi connectivity index (χ3n) is 8.38. The highest BCUT2D eigenvalue weighted by Crippen LogP contribution is 2.66. The molecule has 0 radical (unpaired) electrons. The number of hydrogen-bond donors (Lipinski definition) is 0. The smallest absolute Gasteiger partial charge is 0.0148 e. The Morgan fingerprint density at radius 1 is 0.850 bits per heavy atom. The second kappa shape index (κ2) is 4.74. The predicted octanol–water partition coefficient (Wildman–Crippen LogP) is 6.18. The van der Waals surface area contributed by atoms with Gasteiger partial charge < -0.3 is 0 Å². The summed E-state index contributed by atoms with van der Waals surface area (Å²) in [5.74, 6) is 4.26. The highest BCUT2D eigenvalue weighted by molar-refractivity contribution is 9.09. The van der Waals surface area contributed by atoms with Crippen molar-refractivity contribution in [3.8, 4) is 0 Å². The number of alkyl halides is 1. The zero-order chi connectivity index (χ0) is 14.0. The first-order valence-corrected chi connectivity index (χ1v) is 10.1. The van der Waals surface area contributed by atoms with Gasteiger partial charge in [0.05, 0.1) is 0 Å². The van der Waals surface area contributed by atoms with Gasteiger partial charge in [-0.15, -0.1) is 0 Å². The Hall–Kier alpha value is 0.480. The second-order valence-electron chi connectivity index (χ2n) is 9.11. The third kappa shape index (κ3) is 1.90. The van der Waals surface area contributed by atoms with Crippen molar-refractivity contribution in [2.24, 2.45) is 34.5 Å². The highest BCUT2D eigenvalue weighted by Gasteiger charge is 2.57. The zero-order valence-corrected chi connectivity index (χ0v) is 14.9. The van der Waals surface area contributed by atoms with Crippen molar-refractivity contribution in [1.29, 1.82) is 0 Å². The summed E-state index contributed by atoms with van der Waals surface area (Å²) >= 11 is 3.92. The van der Waals surface area contributed by atoms with E-state index in [1.807, 2.05) is 0 Å². The van der Waals surface area contributed by atoms with E-state index in [-0.39, 0.29) is 0 Å². The molecule has 0 aliphatic heterocycles. The maximum absolute atomic E-state index is 3.92. The van der Waals surface area contributed by atoms with E-state index in [4.69, 9.17) is 0 Å². The summed E-state index contributed by atoms with van der Waals surface area (Å²) in [5.41, 5.74) is 1.42. The van der Waals surface area contributed by atoms with Crippen molar-refractivity contribution in [2.45, 2.75) is 82.9 Å². The van der Waals surface area contributed by atoms with E-state index in [2.05, 4.69) is 29.8 Å². The van der Waals surface area contributed by atoms with Crippen molar-refractivity contribution in [1.82, 2.24) is 0 Å². The van der Waals surface area contributed by atoms with Gasteiger partial charge in [0.2, 0.25) is 0 Å². The first-order valence-electron chi connectivity index (χ1n) is 9.17. The Bertz CT molecular complexity index is 391. The number of rotatable bonds is 0. The summed E-state index contributed by atoms with van der Waals surface area (Å²) in [4.78, 5) is 0.817. The first-order chi connectivity index (χ1) is 9.53. The van der Waals surface area contributed by atoms with Gasteiger partial charge in [0.25, 0.3) is 0 Å². The molecule has 4 aliphatic carbocycles. The largest absolute Gasteiger partial charge is 0.0891 e. The molecule has 0 saturated heterocycles. The first kappa shape index (κ1) is 14.1. The molecule has 0 nitrogen and oxygen atoms in total. The maximum atomic E-state index is 3.92. The average Bonchev–Trinajstić information content (AvgIpc) is 2.81. The molecule has 1 heteroatoms. The topological polar surface area (TPSA) is 0 Å². The van der Waals surface area contributed by atoms with Crippen molar-refractivity contribution in [3.63, 3.8) is 0 Å². The summed E-state index contributed by atoms with van der Waals surface area (Å²) in [6.07, 6.45) is 15.2. The van der Waals surface area contributed by atoms with Gasteiger partial charge in [-0.2, -0.15) is 0 Å². The summed E-state index contributed by atoms with van der Waals surface area (Å²) in [6, 6.07) is 0. The van der Waals surface area contributed by atoms with E-state index in [1.54, 1.807) is 25.7 Å². The van der Waals surface area contributed by atoms with Gasteiger partial charge in [0, 0.05) is 4.83 Å². The van der Waals surface area contributed by atoms with E-state index < -0.39 is 0 Å². The molecule has 0 aromatic carbocycles. The lowest BCUT2D eigenvalue weighted by molar-refractivity contribution is -0.102. The maximum Gasteiger partial charge on any atom is 0.0148 e. The van der Waals surface area contributed by atoms with Gasteiger partial charge in [-0.05, 0) is 92.3 Å². The van der Waals surface area contributed by atoms with E-state index in [0.29, 0.717) is 5.41 Å². The van der Waals surface area contributed by atoms with Gasteiger partial charge in [-0.25, -0.2) is 0 Å². The summed E-state index contributed by atoms with van der Waals surface area (Å²) in [5, 5.41) is 0. The van der Waals surface area contributed by atoms with Crippen molar-refractivity contribution < 1.29 is 0 Å². The molecule has 0 aromatic heterocycles. The molecule has 4 rings (SSSR count). The molecule has 0 amide bonds. The molecular weight excluding hydrogens is 308 g/mol. The normalized spacial score (nSPS) is 58.6. The van der Waals surface area contributed by atoms with Crippen LogP contribution in [0, 0.1) is 34.5 Å². The van der Waals surface area contributed by atoms with Crippen LogP contribution < -0.4 is 0 Å². The quantitative estimate of drug-likeness (QED) is 0.462. The Labute approximate surface area is 133 Å². The van der Waals surface area contributed by atoms with E-state index >= 15 is 0 Å². The standard InChI is InChI=1S/C19H31Br/c1-18-9-3-4-16(18)15-6-5-13-12-14(20)7-11-19(13,2)17(15)8-10-18/h13-17H,3-12H2,1-2H3/t13-,14+,15-,16+,17+,18-,19-/m0/s1. The Morgan fingerprint density at radius 3 is 2.55 bits per heavy atom. The van der Waals surface area contributed by atoms with Crippen molar-refractivity contribution in [2.75, 3.05) is 0 Å². The molecule has 4 fully saturated rings. The molecule has 0 aromatic rings. The molecule has 114 valence electrons. The molecule has 4 aliphatic rings. The summed E-state index contributed by atoms with van der Waals surface area (Å²) in [7, 11) is 0. The van der Waals surface area contributed by atoms with Crippen LogP contribution in [-0.4, -0.2) is 4.83 Å². The molecule has 4 saturated carbocycles. The minimum atomic E-state index is 0.692. The lowest BCUT2D eigenvalue weighted by atomic mass is 9.45. The SMILES string of the molecule is C[C@@]12CCC[C@@H]1[C@@H]1CC[C@H]3C[C@H](Br)CC[C@]3(C)[C@@H]1CC2. The van der Waals surface area contributed by atoms with Crippen LogP contribution in [0.1, 0.15) is 78.1 Å². The number of hydrogen-bond acceptors (Lipinski definition) is 0. The van der Waals surface area contributed by atoms with Crippen molar-refractivity contribution in [3.05, 3.63) is 0 Å². The van der Waals surface area contributed by atoms with Crippen LogP contribution in [0.2, 0.25) is 0 Å². The molecular formula is C19H31Br. The second-order valence-corrected chi connectivity index (χ2v) is 10.4. The van der Waals surface area contributed by atoms with Gasteiger partial charge in [0.1, 0.15) is 0 Å². The van der Waals surface area contributed by atoms with Gasteiger partial charge in [-0.3, -0.25) is 0 Å². The molecule has 7 atom stereocenters. The lowest BCUT2D eigenvalue weighted by Gasteiger charge is -2.60. The predicted molar refractivity (Wildman–Crippen MR) is 89.1 cm³/mol. The highest BCUT2D eigenvalue weighted by atomic mass is 79.9. The van der Waals surface area contributed by atoms with Gasteiger partial charge in [0.15, 0.2) is 0 Å². The van der Waals surface area contributed by atoms with Crippen LogP contribution in [0.5, 0.6) is 0 Å². The minimum Gasteiger partial charge on any atom is -0.0891 e. The van der Waals surface area contributed by atoms with Gasteiger partial charge in [-0.1, -0.05) is 36.2 Å². The van der Waals surface area contributed by atoms with Crippen LogP contribution in [-0.2, 0) is 0 Å². The third-order valence-corrected chi connectivity index (χ3v) is 9.21. The van der Waals surface area contributed by atoms with E-state index in [9.17, 15) is 0 Å². The fourth-order valence-corrected chi connectivity index (χ4v) is 7.88. The Balaban J connectivity index is 1.62. The van der Waals surface area contributed by atoms with Crippen LogP contribution in [0.3, 0.4) is 0 Å². The van der Waals surface area contributed by atoms with Crippen LogP contribution in [0.25, 0.3) is 0 Å². The molecule has 0 unspecified atom stereocenters. The summed E-state index contributed by atoms with van der Waals surface area (Å²) in [6.45, 7) is 5.32. The summed E-state index contributed by atoms with van der Waals surface area (Å²) < 4.78 is 0. The minimum absolute atomic E-state index is 0.692.